The molecule has 0 radical (unpaired) electrons. The lowest BCUT2D eigenvalue weighted by molar-refractivity contribution is 0.298. The van der Waals surface area contributed by atoms with Crippen LogP contribution in [0, 0.1) is 11.3 Å². The van der Waals surface area contributed by atoms with Gasteiger partial charge in [0, 0.05) is 47.2 Å². The number of fused-ring (bicyclic) bond motifs is 1. The van der Waals surface area contributed by atoms with E-state index in [9.17, 15) is 0 Å². The third-order valence-electron chi connectivity index (χ3n) is 6.72. The number of ether oxygens (including phenoxy) is 2. The monoisotopic (exact) mass is 572 g/mol. The summed E-state index contributed by atoms with van der Waals surface area (Å²) in [6.45, 7) is 3.35. The highest BCUT2D eigenvalue weighted by molar-refractivity contribution is 8.00. The summed E-state index contributed by atoms with van der Waals surface area (Å²) in [5, 5.41) is 12.7. The van der Waals surface area contributed by atoms with Crippen LogP contribution < -0.4 is 19.5 Å². The van der Waals surface area contributed by atoms with Crippen LogP contribution >= 0.6 is 23.7 Å². The minimum atomic E-state index is 0.601. The molecule has 5 rings (SSSR count). The summed E-state index contributed by atoms with van der Waals surface area (Å²) < 4.78 is 14.8. The van der Waals surface area contributed by atoms with E-state index in [4.69, 9.17) is 24.7 Å². The molecule has 3 aromatic carbocycles. The van der Waals surface area contributed by atoms with Crippen LogP contribution in [-0.4, -0.2) is 60.2 Å². The fraction of sp³-hybridized carbons (Fsp3) is 0.300. The molecule has 2 heterocycles. The summed E-state index contributed by atoms with van der Waals surface area (Å²) in [7, 11) is 3.35. The summed E-state index contributed by atoms with van der Waals surface area (Å²) in [6.07, 6.45) is 1.87. The first-order valence-electron chi connectivity index (χ1n) is 13.2. The second kappa shape index (κ2) is 13.6. The number of methoxy groups -OCH3 is 2. The molecule has 1 aromatic heterocycles. The zero-order valence-corrected chi connectivity index (χ0v) is 24.3. The van der Waals surface area contributed by atoms with Gasteiger partial charge in [0.25, 0.3) is 0 Å². The molecule has 0 bridgehead atoms. The van der Waals surface area contributed by atoms with Gasteiger partial charge in [-0.1, -0.05) is 12.1 Å². The van der Waals surface area contributed by atoms with E-state index in [0.717, 1.165) is 65.4 Å². The van der Waals surface area contributed by atoms with Crippen molar-refractivity contribution in [3.8, 4) is 17.6 Å². The van der Waals surface area contributed by atoms with Crippen LogP contribution in [0.5, 0.6) is 11.5 Å². The quantitative estimate of drug-likeness (QED) is 0.198. The summed E-state index contributed by atoms with van der Waals surface area (Å²) in [6, 6.07) is 21.3. The summed E-state index contributed by atoms with van der Waals surface area (Å²) in [5.41, 5.74) is 4.16. The summed E-state index contributed by atoms with van der Waals surface area (Å²) >= 11 is 3.45. The van der Waals surface area contributed by atoms with Crippen molar-refractivity contribution in [3.05, 3.63) is 71.8 Å². The average Bonchev–Trinajstić information content (AvgIpc) is 3.01. The number of nitriles is 1. The van der Waals surface area contributed by atoms with E-state index in [1.807, 2.05) is 60.3 Å². The van der Waals surface area contributed by atoms with Crippen molar-refractivity contribution < 1.29 is 9.47 Å². The number of hydrogen-bond acceptors (Lipinski definition) is 10. The molecular formula is C30H32N6O2S2. The van der Waals surface area contributed by atoms with Gasteiger partial charge < -0.3 is 24.4 Å². The van der Waals surface area contributed by atoms with E-state index in [0.29, 0.717) is 22.9 Å². The maximum atomic E-state index is 9.11. The molecule has 0 amide bonds. The molecule has 8 nitrogen and oxygen atoms in total. The molecule has 0 spiro atoms. The normalized spacial score (nSPS) is 13.5. The van der Waals surface area contributed by atoms with Crippen LogP contribution in [0.1, 0.15) is 17.5 Å². The molecule has 2 N–H and O–H groups in total. The highest BCUT2D eigenvalue weighted by Gasteiger charge is 2.18. The molecule has 0 unspecified atom stereocenters. The Labute approximate surface area is 243 Å². The van der Waals surface area contributed by atoms with E-state index in [1.165, 1.54) is 23.5 Å². The first-order chi connectivity index (χ1) is 19.7. The lowest BCUT2D eigenvalue weighted by Crippen LogP contribution is -2.33. The number of thioether (sulfide) groups is 1. The molecule has 1 saturated heterocycles. The van der Waals surface area contributed by atoms with Gasteiger partial charge in [-0.3, -0.25) is 0 Å². The van der Waals surface area contributed by atoms with Crippen molar-refractivity contribution in [2.75, 3.05) is 55.4 Å². The van der Waals surface area contributed by atoms with E-state index in [-0.39, 0.29) is 0 Å². The Balaban J connectivity index is 1.44. The third kappa shape index (κ3) is 6.91. The molecule has 206 valence electrons. The van der Waals surface area contributed by atoms with Crippen LogP contribution in [0.15, 0.2) is 65.6 Å². The SMILES string of the molecule is COc1cc(Nc2nc3ccccc3nc2NSc2ccc(C#N)cc2)c(CCCN2CCSCC2)c(OC)c1. The zero-order valence-electron chi connectivity index (χ0n) is 22.6. The fourth-order valence-corrected chi connectivity index (χ4v) is 6.19. The Hall–Kier alpha value is -3.65. The molecule has 0 atom stereocenters. The van der Waals surface area contributed by atoms with Crippen LogP contribution in [0.2, 0.25) is 0 Å². The summed E-state index contributed by atoms with van der Waals surface area (Å²) in [5.74, 6) is 5.10. The van der Waals surface area contributed by atoms with Crippen LogP contribution in [0.4, 0.5) is 17.3 Å². The first kappa shape index (κ1) is 27.9. The molecular weight excluding hydrogens is 541 g/mol. The Morgan fingerprint density at radius 1 is 0.975 bits per heavy atom. The highest BCUT2D eigenvalue weighted by Crippen LogP contribution is 2.37. The third-order valence-corrected chi connectivity index (χ3v) is 8.46. The van der Waals surface area contributed by atoms with Gasteiger partial charge in [0.1, 0.15) is 11.5 Å². The van der Waals surface area contributed by atoms with Crippen molar-refractivity contribution in [2.45, 2.75) is 17.7 Å². The molecule has 10 heteroatoms. The van der Waals surface area contributed by atoms with E-state index < -0.39 is 0 Å². The molecule has 0 saturated carbocycles. The minimum Gasteiger partial charge on any atom is -0.497 e. The fourth-order valence-electron chi connectivity index (χ4n) is 4.58. The molecule has 40 heavy (non-hydrogen) atoms. The van der Waals surface area contributed by atoms with Gasteiger partial charge >= 0.3 is 0 Å². The zero-order chi connectivity index (χ0) is 27.7. The Bertz CT molecular complexity index is 1490. The number of rotatable bonds is 11. The van der Waals surface area contributed by atoms with Gasteiger partial charge in [0.15, 0.2) is 11.6 Å². The second-order valence-electron chi connectivity index (χ2n) is 9.29. The largest absolute Gasteiger partial charge is 0.497 e. The van der Waals surface area contributed by atoms with Crippen molar-refractivity contribution in [2.24, 2.45) is 0 Å². The Morgan fingerprint density at radius 2 is 1.70 bits per heavy atom. The number of anilines is 3. The smallest absolute Gasteiger partial charge is 0.180 e. The average molecular weight is 573 g/mol. The van der Waals surface area contributed by atoms with Gasteiger partial charge in [0.2, 0.25) is 0 Å². The van der Waals surface area contributed by atoms with E-state index in [2.05, 4.69) is 21.0 Å². The van der Waals surface area contributed by atoms with Gasteiger partial charge in [-0.25, -0.2) is 9.97 Å². The van der Waals surface area contributed by atoms with Gasteiger partial charge in [0.05, 0.1) is 42.6 Å². The van der Waals surface area contributed by atoms with Gasteiger partial charge in [-0.05, 0) is 67.7 Å². The molecule has 1 fully saturated rings. The lowest BCUT2D eigenvalue weighted by atomic mass is 10.0. The number of benzene rings is 3. The van der Waals surface area contributed by atoms with Crippen molar-refractivity contribution in [1.29, 1.82) is 5.26 Å². The van der Waals surface area contributed by atoms with Crippen LogP contribution in [-0.2, 0) is 6.42 Å². The highest BCUT2D eigenvalue weighted by atomic mass is 32.2. The predicted octanol–water partition coefficient (Wildman–Crippen LogP) is 6.36. The first-order valence-corrected chi connectivity index (χ1v) is 15.2. The maximum Gasteiger partial charge on any atom is 0.180 e. The molecule has 4 aromatic rings. The van der Waals surface area contributed by atoms with Crippen LogP contribution in [0.3, 0.4) is 0 Å². The van der Waals surface area contributed by atoms with Crippen molar-refractivity contribution >= 4 is 52.1 Å². The van der Waals surface area contributed by atoms with Gasteiger partial charge in [-0.15, -0.1) is 0 Å². The Morgan fingerprint density at radius 3 is 2.38 bits per heavy atom. The van der Waals surface area contributed by atoms with E-state index in [1.54, 1.807) is 26.4 Å². The lowest BCUT2D eigenvalue weighted by Gasteiger charge is -2.26. The standard InChI is InChI=1S/C30H32N6O2S2/c1-37-22-18-27(24(28(19-22)38-2)6-5-13-36-14-16-39-17-15-36)34-29-30(33-26-8-4-3-7-25(26)32-29)35-40-23-11-9-21(20-31)10-12-23/h3-4,7-12,18-19H,5-6,13-17H2,1-2H3,(H,32,34)(H,33,35). The molecule has 1 aliphatic heterocycles. The van der Waals surface area contributed by atoms with Crippen molar-refractivity contribution in [1.82, 2.24) is 14.9 Å². The predicted molar refractivity (Wildman–Crippen MR) is 165 cm³/mol. The number of aromatic nitrogens is 2. The topological polar surface area (TPSA) is 95.3 Å². The molecule has 1 aliphatic rings. The number of nitrogens with zero attached hydrogens (tertiary/aromatic N) is 4. The Kier molecular flexibility index (Phi) is 9.50. The van der Waals surface area contributed by atoms with Gasteiger partial charge in [-0.2, -0.15) is 17.0 Å². The number of nitrogens with one attached hydrogen (secondary N) is 2. The number of hydrogen-bond donors (Lipinski definition) is 2. The number of para-hydroxylation sites is 2. The van der Waals surface area contributed by atoms with Crippen molar-refractivity contribution in [3.63, 3.8) is 0 Å². The molecule has 0 aliphatic carbocycles. The van der Waals surface area contributed by atoms with Crippen LogP contribution in [0.25, 0.3) is 11.0 Å². The minimum absolute atomic E-state index is 0.601. The summed E-state index contributed by atoms with van der Waals surface area (Å²) in [4.78, 5) is 13.3. The second-order valence-corrected chi connectivity index (χ2v) is 11.4. The maximum absolute atomic E-state index is 9.11. The van der Waals surface area contributed by atoms with E-state index >= 15 is 0 Å².